The van der Waals surface area contributed by atoms with Crippen LogP contribution in [0.15, 0.2) is 23.9 Å². The number of nitrogens with one attached hydrogen (secondary N) is 4. The summed E-state index contributed by atoms with van der Waals surface area (Å²) in [6.45, 7) is 8.65. The molecule has 0 bridgehead atoms. The topological polar surface area (TPSA) is 143 Å². The van der Waals surface area contributed by atoms with E-state index < -0.39 is 53.8 Å². The van der Waals surface area contributed by atoms with Crippen LogP contribution in [0.1, 0.15) is 47.5 Å². The predicted molar refractivity (Wildman–Crippen MR) is 152 cm³/mol. The Labute approximate surface area is 234 Å². The standard InChI is InChI=1S/C26H42N4O6S2/c1-8-18-23(32)30-22(16(4)5)26(35)36-17(11-9-10-12-37-6)13-20(31)29-21(15(2)3)25(34)28-19(14-38-7)24(33)27-18/h8-9,11,15-17,19,21-22H,10,12-14H2,1-7H3,(H,27,33)(H,28,34)(H,29,31)(H,30,32)/b11-9-,18-8+/t17-,19-,21-,22+/m1/s1. The van der Waals surface area contributed by atoms with Crippen molar-refractivity contribution in [1.82, 2.24) is 21.3 Å². The van der Waals surface area contributed by atoms with E-state index in [1.807, 2.05) is 12.3 Å². The maximum Gasteiger partial charge on any atom is 0.329 e. The lowest BCUT2D eigenvalue weighted by atomic mass is 10.0. The third kappa shape index (κ3) is 11.1. The third-order valence-electron chi connectivity index (χ3n) is 5.72. The number of carbonyl (C=O) groups is 5. The van der Waals surface area contributed by atoms with E-state index in [2.05, 4.69) is 21.3 Å². The number of ether oxygens (including phenoxy) is 1. The van der Waals surface area contributed by atoms with Crippen LogP contribution < -0.4 is 21.3 Å². The number of hydrogen-bond donors (Lipinski definition) is 4. The zero-order valence-electron chi connectivity index (χ0n) is 23.3. The van der Waals surface area contributed by atoms with Crippen molar-refractivity contribution in [3.8, 4) is 0 Å². The van der Waals surface area contributed by atoms with Gasteiger partial charge >= 0.3 is 5.97 Å². The fourth-order valence-electron chi connectivity index (χ4n) is 3.56. The van der Waals surface area contributed by atoms with Gasteiger partial charge in [-0.1, -0.05) is 39.8 Å². The summed E-state index contributed by atoms with van der Waals surface area (Å²) in [5.41, 5.74) is -0.0527. The summed E-state index contributed by atoms with van der Waals surface area (Å²) < 4.78 is 5.67. The molecule has 10 nitrogen and oxygen atoms in total. The second kappa shape index (κ2) is 17.2. The van der Waals surface area contributed by atoms with Gasteiger partial charge in [0.05, 0.1) is 6.42 Å². The number of thioether (sulfide) groups is 2. The minimum absolute atomic E-state index is 0.0527. The van der Waals surface area contributed by atoms with Crippen molar-refractivity contribution in [3.63, 3.8) is 0 Å². The SMILES string of the molecule is C/C=C1/NC(=O)[C@@H](CSC)NC(=O)[C@@H](C(C)C)NC(=O)C[C@@H](/C=C\CCSC)OC(=O)[C@H](C(C)C)NC1=O. The number of allylic oxidation sites excluding steroid dienone is 2. The van der Waals surface area contributed by atoms with Crippen molar-refractivity contribution in [2.75, 3.05) is 24.0 Å². The van der Waals surface area contributed by atoms with E-state index in [0.717, 1.165) is 12.2 Å². The fourth-order valence-corrected chi connectivity index (χ4v) is 4.50. The summed E-state index contributed by atoms with van der Waals surface area (Å²) in [7, 11) is 0. The van der Waals surface area contributed by atoms with Crippen LogP contribution in [-0.2, 0) is 28.7 Å². The average Bonchev–Trinajstić information content (AvgIpc) is 2.85. The molecule has 0 spiro atoms. The molecule has 214 valence electrons. The molecule has 1 fully saturated rings. The summed E-state index contributed by atoms with van der Waals surface area (Å²) in [5.74, 6) is -2.46. The van der Waals surface area contributed by atoms with Gasteiger partial charge in [0.1, 0.15) is 29.9 Å². The molecule has 0 saturated carbocycles. The van der Waals surface area contributed by atoms with Crippen molar-refractivity contribution < 1.29 is 28.7 Å². The molecule has 1 heterocycles. The highest BCUT2D eigenvalue weighted by atomic mass is 32.2. The lowest BCUT2D eigenvalue weighted by Crippen LogP contribution is -2.57. The molecule has 12 heteroatoms. The van der Waals surface area contributed by atoms with Crippen LogP contribution in [0.2, 0.25) is 0 Å². The van der Waals surface area contributed by atoms with Gasteiger partial charge in [-0.2, -0.15) is 23.5 Å². The normalized spacial score (nSPS) is 25.8. The molecule has 1 aliphatic heterocycles. The van der Waals surface area contributed by atoms with Gasteiger partial charge in [0.2, 0.25) is 17.7 Å². The van der Waals surface area contributed by atoms with E-state index >= 15 is 0 Å². The lowest BCUT2D eigenvalue weighted by molar-refractivity contribution is -0.153. The number of carbonyl (C=O) groups excluding carboxylic acids is 5. The molecule has 38 heavy (non-hydrogen) atoms. The van der Waals surface area contributed by atoms with Crippen molar-refractivity contribution in [2.45, 2.75) is 71.7 Å². The summed E-state index contributed by atoms with van der Waals surface area (Å²) in [5, 5.41) is 10.6. The van der Waals surface area contributed by atoms with Gasteiger partial charge in [0, 0.05) is 5.75 Å². The highest BCUT2D eigenvalue weighted by Crippen LogP contribution is 2.13. The molecule has 1 aliphatic rings. The Balaban J connectivity index is 3.45. The maximum atomic E-state index is 13.1. The Bertz CT molecular complexity index is 906. The van der Waals surface area contributed by atoms with E-state index in [9.17, 15) is 24.0 Å². The minimum atomic E-state index is -1.02. The Morgan fingerprint density at radius 3 is 2.13 bits per heavy atom. The number of esters is 1. The van der Waals surface area contributed by atoms with Crippen LogP contribution in [0, 0.1) is 11.8 Å². The van der Waals surface area contributed by atoms with E-state index in [-0.39, 0.29) is 29.7 Å². The third-order valence-corrected chi connectivity index (χ3v) is 7.03. The Morgan fingerprint density at radius 1 is 0.921 bits per heavy atom. The summed E-state index contributed by atoms with van der Waals surface area (Å²) in [4.78, 5) is 65.3. The molecular weight excluding hydrogens is 528 g/mol. The summed E-state index contributed by atoms with van der Waals surface area (Å²) in [6.07, 6.45) is 8.32. The largest absolute Gasteiger partial charge is 0.456 e. The van der Waals surface area contributed by atoms with E-state index in [1.54, 1.807) is 58.7 Å². The first-order valence-corrected chi connectivity index (χ1v) is 15.5. The molecule has 0 aromatic rings. The zero-order valence-corrected chi connectivity index (χ0v) is 24.9. The van der Waals surface area contributed by atoms with Crippen molar-refractivity contribution in [2.24, 2.45) is 11.8 Å². The van der Waals surface area contributed by atoms with Gasteiger partial charge in [0.15, 0.2) is 0 Å². The molecule has 1 saturated heterocycles. The maximum absolute atomic E-state index is 13.1. The molecule has 0 unspecified atom stereocenters. The Morgan fingerprint density at radius 2 is 1.58 bits per heavy atom. The van der Waals surface area contributed by atoms with Crippen LogP contribution in [0.4, 0.5) is 0 Å². The first-order chi connectivity index (χ1) is 17.9. The molecule has 0 aliphatic carbocycles. The van der Waals surface area contributed by atoms with E-state index in [1.165, 1.54) is 17.8 Å². The van der Waals surface area contributed by atoms with Gasteiger partial charge in [-0.3, -0.25) is 19.2 Å². The minimum Gasteiger partial charge on any atom is -0.456 e. The van der Waals surface area contributed by atoms with Crippen molar-refractivity contribution >= 4 is 53.1 Å². The Hall–Kier alpha value is -2.47. The predicted octanol–water partition coefficient (Wildman–Crippen LogP) is 1.76. The van der Waals surface area contributed by atoms with Crippen molar-refractivity contribution in [1.29, 1.82) is 0 Å². The van der Waals surface area contributed by atoms with Gasteiger partial charge in [-0.15, -0.1) is 0 Å². The number of amides is 4. The molecule has 4 amide bonds. The summed E-state index contributed by atoms with van der Waals surface area (Å²) in [6, 6.07) is -2.89. The molecular formula is C26H42N4O6S2. The molecule has 4 N–H and O–H groups in total. The monoisotopic (exact) mass is 570 g/mol. The molecule has 0 radical (unpaired) electrons. The number of cyclic esters (lactones) is 1. The quantitative estimate of drug-likeness (QED) is 0.150. The van der Waals surface area contributed by atoms with Crippen LogP contribution in [0.5, 0.6) is 0 Å². The molecule has 0 aromatic carbocycles. The second-order valence-electron chi connectivity index (χ2n) is 9.58. The second-order valence-corrected chi connectivity index (χ2v) is 11.5. The van der Waals surface area contributed by atoms with Gasteiger partial charge in [-0.25, -0.2) is 4.79 Å². The van der Waals surface area contributed by atoms with E-state index in [0.29, 0.717) is 0 Å². The number of hydrogen-bond acceptors (Lipinski definition) is 8. The fraction of sp³-hybridized carbons (Fsp3) is 0.654. The Kier molecular flexibility index (Phi) is 15.2. The lowest BCUT2D eigenvalue weighted by Gasteiger charge is -2.27. The van der Waals surface area contributed by atoms with Crippen molar-refractivity contribution in [3.05, 3.63) is 23.9 Å². The highest BCUT2D eigenvalue weighted by Gasteiger charge is 2.33. The molecule has 0 aromatic heterocycles. The molecule has 4 atom stereocenters. The van der Waals surface area contributed by atoms with Crippen LogP contribution >= 0.6 is 23.5 Å². The first-order valence-electron chi connectivity index (χ1n) is 12.7. The molecule has 1 rings (SSSR count). The van der Waals surface area contributed by atoms with Crippen LogP contribution in [-0.4, -0.2) is 77.8 Å². The highest BCUT2D eigenvalue weighted by molar-refractivity contribution is 7.98. The van der Waals surface area contributed by atoms with Gasteiger partial charge in [-0.05, 0) is 49.5 Å². The van der Waals surface area contributed by atoms with E-state index in [4.69, 9.17) is 4.74 Å². The van der Waals surface area contributed by atoms with Gasteiger partial charge in [0.25, 0.3) is 5.91 Å². The zero-order chi connectivity index (χ0) is 28.8. The van der Waals surface area contributed by atoms with Crippen LogP contribution in [0.25, 0.3) is 0 Å². The van der Waals surface area contributed by atoms with Crippen LogP contribution in [0.3, 0.4) is 0 Å². The summed E-state index contributed by atoms with van der Waals surface area (Å²) >= 11 is 3.01. The average molecular weight is 571 g/mol. The number of rotatable bonds is 8. The smallest absolute Gasteiger partial charge is 0.329 e. The first kappa shape index (κ1) is 33.6. The van der Waals surface area contributed by atoms with Gasteiger partial charge < -0.3 is 26.0 Å².